The second-order valence-corrected chi connectivity index (χ2v) is 37.5. The number of amides is 2. The van der Waals surface area contributed by atoms with Crippen molar-refractivity contribution in [2.75, 3.05) is 79.2 Å². The Morgan fingerprint density at radius 2 is 0.880 bits per heavy atom. The molecule has 2 unspecified atom stereocenters. The van der Waals surface area contributed by atoms with Gasteiger partial charge in [-0.1, -0.05) is 0 Å². The molecular formula is C73H128N6O61P2. The van der Waals surface area contributed by atoms with E-state index < -0.39 is 456 Å². The van der Waals surface area contributed by atoms with Crippen LogP contribution in [0.4, 0.5) is 0 Å². The van der Waals surface area contributed by atoms with Crippen molar-refractivity contribution in [3.05, 3.63) is 0 Å². The van der Waals surface area contributed by atoms with E-state index in [0.29, 0.717) is 0 Å². The van der Waals surface area contributed by atoms with Crippen molar-refractivity contribution >= 4 is 39.4 Å². The highest BCUT2D eigenvalue weighted by Crippen LogP contribution is 2.50. The number of aliphatic hydroxyl groups is 28. The van der Waals surface area contributed by atoms with E-state index in [2.05, 4.69) is 10.6 Å². The molecular weight excluding hydrogens is 2000 g/mol. The van der Waals surface area contributed by atoms with Gasteiger partial charge in [0, 0.05) is 33.2 Å². The number of carbonyl (C=O) groups is 4. The Bertz CT molecular complexity index is 4070. The molecule has 67 nitrogen and oxygen atoms in total. The lowest BCUT2D eigenvalue weighted by atomic mass is 9.88. The number of phosphoric ester groups is 2. The number of ether oxygens (including phenoxy) is 19. The molecule has 10 aliphatic rings. The second-order valence-electron chi connectivity index (χ2n) is 34.9. The van der Waals surface area contributed by atoms with Gasteiger partial charge in [-0.2, -0.15) is 0 Å². The number of carboxylic acids is 2. The van der Waals surface area contributed by atoms with Crippen LogP contribution in [0.5, 0.6) is 0 Å². The fourth-order valence-corrected chi connectivity index (χ4v) is 19.0. The van der Waals surface area contributed by atoms with Gasteiger partial charge in [0.15, 0.2) is 50.3 Å². The number of phosphoric acid groups is 2. The van der Waals surface area contributed by atoms with Crippen LogP contribution in [0.25, 0.3) is 0 Å². The standard InChI is InChI=1S/C73H128N6O61P2/c1-17(88)78-34-19(90)5-73(71(112)113,137-57(34)36(95)21(92)7-80)138-59-49(108)67(126-27(13-86)55(59)131-64-35(79-18(2)89)41(100)37(96)24(10-83)123-64)130-54-26(12-85)125-66(47(106)45(54)104)134-60-44(103)43(102)50(22(93)8-81)128-69(60)133-58-48(107)68(132-56(28(14-87)139-142(117,118)121-4-3-74)61(58)135-65-46(105)42(101)38(97)25(11-84)124-65)129-51-20(91)6-72(70(110)111,136-52(51)23(94)9-82)120-16-30-53(140-141(114,115)116)31(75)32(76)63(127-30)119-15-29-39(98)40(99)33(77)62(109)122-29/h19-69,80-87,90-109H,3-16,74-77H2,1-2H3,(H,78,88)(H,79,89)(H,110,111)(H,112,113)(H,117,118)(H2,114,115,116)/t19-,20+,21+,22-,23+,24+,25+,26+,27+,28-,29+,30+,31+,32+,33+,34+,35+,36+,37-,38+,39+,40+,41+,42-,43-,44-,45+,46+,47+,48-,49+,50+,51+,52+,53+,54+,55-,56+,57+,58+,59+,60-,61+,62-,63+,64-,65-,66-,67-,68-,69+,72?,73-/m0/s1. The number of hydrogen-bond acceptors (Lipinski definition) is 60. The van der Waals surface area contributed by atoms with Crippen LogP contribution in [0, 0.1) is 0 Å². The van der Waals surface area contributed by atoms with Crippen LogP contribution >= 0.6 is 15.6 Å². The van der Waals surface area contributed by atoms with Crippen LogP contribution in [-0.2, 0) is 132 Å². The van der Waals surface area contributed by atoms with Gasteiger partial charge < -0.3 is 291 Å². The topological polar surface area (TPSA) is 1100 Å². The number of hydrogen-bond donors (Lipinski definition) is 39. The highest BCUT2D eigenvalue weighted by molar-refractivity contribution is 7.47. The Hall–Kier alpha value is -3.94. The van der Waals surface area contributed by atoms with Crippen LogP contribution in [0.1, 0.15) is 26.7 Å². The van der Waals surface area contributed by atoms with E-state index in [1.165, 1.54) is 0 Å². The summed E-state index contributed by atoms with van der Waals surface area (Å²) in [6, 6.07) is -8.98. The van der Waals surface area contributed by atoms with Gasteiger partial charge in [-0.05, 0) is 0 Å². The minimum Gasteiger partial charge on any atom is -0.477 e. The number of aliphatic carboxylic acids is 2. The summed E-state index contributed by atoms with van der Waals surface area (Å²) in [5, 5.41) is 343. The third kappa shape index (κ3) is 27.0. The maximum atomic E-state index is 13.9. The molecule has 142 heavy (non-hydrogen) atoms. The van der Waals surface area contributed by atoms with Gasteiger partial charge in [0.1, 0.15) is 226 Å². The lowest BCUT2D eigenvalue weighted by Crippen LogP contribution is -2.72. The molecule has 2 amide bonds. The molecule has 0 aromatic heterocycles. The Morgan fingerprint density at radius 1 is 0.408 bits per heavy atom. The lowest BCUT2D eigenvalue weighted by Gasteiger charge is -2.53. The molecule has 10 aliphatic heterocycles. The van der Waals surface area contributed by atoms with E-state index in [1.54, 1.807) is 0 Å². The summed E-state index contributed by atoms with van der Waals surface area (Å²) in [5.74, 6) is -13.6. The van der Waals surface area contributed by atoms with Crippen molar-refractivity contribution in [1.29, 1.82) is 0 Å². The monoisotopic (exact) mass is 2130 g/mol. The number of rotatable bonds is 44. The number of aliphatic hydroxyl groups excluding tert-OH is 28. The quantitative estimate of drug-likeness (QED) is 0.0252. The maximum absolute atomic E-state index is 13.9. The molecule has 0 radical (unpaired) electrons. The zero-order chi connectivity index (χ0) is 106. The summed E-state index contributed by atoms with van der Waals surface area (Å²) in [5.41, 5.74) is 23.8. The zero-order valence-electron chi connectivity index (χ0n) is 74.7. The predicted octanol–water partition coefficient (Wildman–Crippen LogP) is -24.6. The van der Waals surface area contributed by atoms with Gasteiger partial charge in [0.25, 0.3) is 11.6 Å². The molecule has 69 heteroatoms. The van der Waals surface area contributed by atoms with Crippen LogP contribution in [0.2, 0.25) is 0 Å². The molecule has 0 bridgehead atoms. The molecule has 0 spiro atoms. The molecule has 0 saturated carbocycles. The summed E-state index contributed by atoms with van der Waals surface area (Å²) in [6.07, 6.45) is -116. The fraction of sp³-hybridized carbons (Fsp3) is 0.945. The Balaban J connectivity index is 1.01. The van der Waals surface area contributed by atoms with Crippen LogP contribution in [0.15, 0.2) is 0 Å². The molecule has 0 aromatic rings. The van der Waals surface area contributed by atoms with Gasteiger partial charge in [-0.15, -0.1) is 0 Å². The Labute approximate surface area is 800 Å². The molecule has 0 aliphatic carbocycles. The van der Waals surface area contributed by atoms with Crippen molar-refractivity contribution in [2.45, 2.75) is 351 Å². The molecule has 10 rings (SSSR count). The van der Waals surface area contributed by atoms with Crippen molar-refractivity contribution in [2.24, 2.45) is 22.9 Å². The van der Waals surface area contributed by atoms with E-state index in [9.17, 15) is 196 Å². The molecule has 826 valence electrons. The summed E-state index contributed by atoms with van der Waals surface area (Å²) >= 11 is 0. The zero-order valence-corrected chi connectivity index (χ0v) is 76.5. The van der Waals surface area contributed by atoms with Crippen LogP contribution in [0.3, 0.4) is 0 Å². The average Bonchev–Trinajstić information content (AvgIpc) is 0.749. The summed E-state index contributed by atoms with van der Waals surface area (Å²) in [7, 11) is -11.5. The minimum atomic E-state index is -5.75. The molecule has 43 N–H and O–H groups in total. The van der Waals surface area contributed by atoms with Crippen molar-refractivity contribution in [3.8, 4) is 0 Å². The van der Waals surface area contributed by atoms with Gasteiger partial charge in [-0.25, -0.2) is 18.7 Å². The summed E-state index contributed by atoms with van der Waals surface area (Å²) < 4.78 is 154. The SMILES string of the molecule is CC(=O)N[C@H]1[C@H](O[C@@H]2[C@H](O[C@]3(C(=O)O)C[C@H](O)[C@@H](NC(C)=O)[C@H]([C@H](O)[C@H](O)CO)O3)[C@@H](O)[C@H](O[C@H]3[C@H](O)[C@@H](O)[C@H](O[C@@H]4[C@@H](O[C@@H]5[C@H](O)[C@@H](O[C@H]6[C@@H]([C@H](O)CO)OC(OC[C@H]7O[C@@H](OC[C@H]8O[C@H](O)[C@H](N)[C@@H](O)[C@@H]8O)[C@H](N)[C@@H](N)[C@@H]7OP(=O)(O)O)(C(=O)O)C[C@H]6O)O[C@H]([C@H](CO)OP(=O)(O)OCCN)[C@H]5O[C@@H]5O[C@H](CO)[C@@H](O)[C@H](O)[C@H]5O)O[C@H]([C@@H](O)CO)[C@@H](O)[C@@H]4O)O[C@@H]3CO)O[C@@H]2CO)O[C@H](CO)[C@H](O)[C@@H]1O. The first-order valence-electron chi connectivity index (χ1n) is 43.9. The number of carboxylic acid groups (broad SMARTS) is 2. The van der Waals surface area contributed by atoms with Crippen molar-refractivity contribution in [1.82, 2.24) is 10.6 Å². The number of carbonyl (C=O) groups excluding carboxylic acids is 2. The Kier molecular flexibility index (Phi) is 43.1. The van der Waals surface area contributed by atoms with Crippen LogP contribution in [-0.4, -0.2) is 595 Å². The molecule has 0 aromatic carbocycles. The lowest BCUT2D eigenvalue weighted by molar-refractivity contribution is -0.418. The van der Waals surface area contributed by atoms with E-state index in [1.807, 2.05) is 0 Å². The van der Waals surface area contributed by atoms with E-state index in [0.717, 1.165) is 13.8 Å². The Morgan fingerprint density at radius 3 is 1.44 bits per heavy atom. The summed E-state index contributed by atoms with van der Waals surface area (Å²) in [6.45, 7) is -13.3. The first-order valence-corrected chi connectivity index (χ1v) is 47.0. The molecule has 10 saturated heterocycles. The van der Waals surface area contributed by atoms with Gasteiger partial charge in [-0.3, -0.25) is 23.2 Å². The van der Waals surface area contributed by atoms with Gasteiger partial charge in [0.05, 0.1) is 109 Å². The van der Waals surface area contributed by atoms with Gasteiger partial charge in [0.2, 0.25) is 11.8 Å². The first-order chi connectivity index (χ1) is 66.6. The number of nitrogens with one attached hydrogen (secondary N) is 2. The predicted molar refractivity (Wildman–Crippen MR) is 434 cm³/mol. The van der Waals surface area contributed by atoms with Gasteiger partial charge >= 0.3 is 27.6 Å². The van der Waals surface area contributed by atoms with Crippen LogP contribution < -0.4 is 33.6 Å². The molecule has 54 atom stereocenters. The highest BCUT2D eigenvalue weighted by Gasteiger charge is 2.67. The normalized spacial score (nSPS) is 46.2. The fourth-order valence-electron chi connectivity index (χ4n) is 17.5. The van der Waals surface area contributed by atoms with Crippen molar-refractivity contribution in [3.63, 3.8) is 0 Å². The minimum absolute atomic E-state index is 0.562. The largest absolute Gasteiger partial charge is 0.477 e. The summed E-state index contributed by atoms with van der Waals surface area (Å²) in [4.78, 5) is 84.1. The molecule has 10 heterocycles. The maximum Gasteiger partial charge on any atom is 0.472 e. The third-order valence-electron chi connectivity index (χ3n) is 25.0. The third-order valence-corrected chi connectivity index (χ3v) is 26.6. The van der Waals surface area contributed by atoms with Crippen molar-refractivity contribution < 1.29 is 300 Å². The van der Waals surface area contributed by atoms with E-state index >= 15 is 0 Å². The number of nitrogens with two attached hydrogens (primary N) is 4. The second kappa shape index (κ2) is 51.0. The average molecular weight is 2130 g/mol. The van der Waals surface area contributed by atoms with E-state index in [4.69, 9.17) is 127 Å². The van der Waals surface area contributed by atoms with E-state index in [-0.39, 0.29) is 0 Å². The highest BCUT2D eigenvalue weighted by atomic mass is 31.2. The molecule has 10 fully saturated rings. The first kappa shape index (κ1) is 120. The smallest absolute Gasteiger partial charge is 0.472 e.